The zero-order valence-corrected chi connectivity index (χ0v) is 18.2. The lowest BCUT2D eigenvalue weighted by atomic mass is 10.1. The van der Waals surface area contributed by atoms with Gasteiger partial charge >= 0.3 is 5.97 Å². The lowest BCUT2D eigenvalue weighted by Gasteiger charge is -2.08. The van der Waals surface area contributed by atoms with Crippen molar-refractivity contribution >= 4 is 34.8 Å². The van der Waals surface area contributed by atoms with Gasteiger partial charge in [-0.15, -0.1) is 0 Å². The fraction of sp³-hybridized carbons (Fsp3) is 0.0714. The van der Waals surface area contributed by atoms with E-state index >= 15 is 0 Å². The van der Waals surface area contributed by atoms with E-state index in [0.29, 0.717) is 22.6 Å². The second-order valence-electron chi connectivity index (χ2n) is 7.88. The first-order valence-electron chi connectivity index (χ1n) is 10.6. The van der Waals surface area contributed by atoms with Crippen LogP contribution in [-0.2, 0) is 11.8 Å². The molecule has 1 aromatic heterocycles. The number of para-hydroxylation sites is 1. The molecule has 0 saturated carbocycles. The molecule has 0 atom stereocenters. The van der Waals surface area contributed by atoms with Crippen LogP contribution in [0.1, 0.15) is 27.0 Å². The summed E-state index contributed by atoms with van der Waals surface area (Å²) >= 11 is 0. The Balaban J connectivity index is 1.40. The predicted molar refractivity (Wildman–Crippen MR) is 128 cm³/mol. The molecule has 0 aliphatic carbocycles. The fourth-order valence-electron chi connectivity index (χ4n) is 3.98. The SMILES string of the molecule is Cc1c(OC(=O)C=Cc2ccccc2)ccc2c1OC(=Cc1cn(C)c3ccccc13)C2=O. The minimum Gasteiger partial charge on any atom is -0.452 e. The number of hydrogen-bond donors (Lipinski definition) is 0. The molecule has 0 fully saturated rings. The van der Waals surface area contributed by atoms with Gasteiger partial charge in [-0.1, -0.05) is 48.5 Å². The third-order valence-electron chi connectivity index (χ3n) is 5.67. The number of esters is 1. The molecular weight excluding hydrogens is 414 g/mol. The van der Waals surface area contributed by atoms with E-state index in [-0.39, 0.29) is 11.5 Å². The number of allylic oxidation sites excluding steroid dienone is 1. The van der Waals surface area contributed by atoms with Gasteiger partial charge in [-0.2, -0.15) is 0 Å². The summed E-state index contributed by atoms with van der Waals surface area (Å²) in [5, 5.41) is 1.04. The van der Waals surface area contributed by atoms with Crippen molar-refractivity contribution in [2.75, 3.05) is 0 Å². The quantitative estimate of drug-likeness (QED) is 0.234. The second kappa shape index (κ2) is 8.28. The summed E-state index contributed by atoms with van der Waals surface area (Å²) in [5.41, 5.74) is 3.93. The number of Topliss-reactive ketones (excluding diaryl/α,β-unsaturated/α-hetero) is 1. The molecule has 5 nitrogen and oxygen atoms in total. The molecule has 5 heteroatoms. The number of rotatable bonds is 4. The monoisotopic (exact) mass is 435 g/mol. The van der Waals surface area contributed by atoms with E-state index in [1.54, 1.807) is 31.2 Å². The maximum atomic E-state index is 13.0. The van der Waals surface area contributed by atoms with E-state index in [2.05, 4.69) is 0 Å². The topological polar surface area (TPSA) is 57.5 Å². The van der Waals surface area contributed by atoms with E-state index in [4.69, 9.17) is 9.47 Å². The number of aryl methyl sites for hydroxylation is 1. The number of carbonyl (C=O) groups is 2. The number of nitrogens with zero attached hydrogens (tertiary/aromatic N) is 1. The number of aromatic nitrogens is 1. The first kappa shape index (κ1) is 20.5. The molecule has 0 radical (unpaired) electrons. The van der Waals surface area contributed by atoms with E-state index in [1.807, 2.05) is 72.4 Å². The third kappa shape index (κ3) is 3.85. The highest BCUT2D eigenvalue weighted by Crippen LogP contribution is 2.39. The summed E-state index contributed by atoms with van der Waals surface area (Å²) in [6, 6.07) is 20.8. The zero-order valence-electron chi connectivity index (χ0n) is 18.2. The maximum Gasteiger partial charge on any atom is 0.336 e. The van der Waals surface area contributed by atoms with Gasteiger partial charge in [0.2, 0.25) is 5.78 Å². The fourth-order valence-corrected chi connectivity index (χ4v) is 3.98. The second-order valence-corrected chi connectivity index (χ2v) is 7.88. The summed E-state index contributed by atoms with van der Waals surface area (Å²) in [7, 11) is 1.97. The molecular formula is C28H21NO4. The van der Waals surface area contributed by atoms with Crippen molar-refractivity contribution in [2.24, 2.45) is 7.05 Å². The Morgan fingerprint density at radius 2 is 1.76 bits per heavy atom. The number of fused-ring (bicyclic) bond motifs is 2. The molecule has 5 rings (SSSR count). The molecule has 0 spiro atoms. The van der Waals surface area contributed by atoms with Crippen molar-refractivity contribution in [3.05, 3.63) is 107 Å². The van der Waals surface area contributed by atoms with Crippen LogP contribution in [0, 0.1) is 6.92 Å². The first-order chi connectivity index (χ1) is 16.0. The van der Waals surface area contributed by atoms with Gasteiger partial charge in [0.25, 0.3) is 0 Å². The Morgan fingerprint density at radius 1 is 1.00 bits per heavy atom. The number of benzene rings is 3. The maximum absolute atomic E-state index is 13.0. The van der Waals surface area contributed by atoms with Gasteiger partial charge < -0.3 is 14.0 Å². The summed E-state index contributed by atoms with van der Waals surface area (Å²) in [5.74, 6) is 0.331. The van der Waals surface area contributed by atoms with E-state index in [1.165, 1.54) is 6.08 Å². The Morgan fingerprint density at radius 3 is 2.58 bits per heavy atom. The average molecular weight is 435 g/mol. The van der Waals surface area contributed by atoms with Crippen molar-refractivity contribution in [3.8, 4) is 11.5 Å². The van der Waals surface area contributed by atoms with Crippen LogP contribution in [0.4, 0.5) is 0 Å². The molecule has 1 aliphatic heterocycles. The molecule has 0 saturated heterocycles. The van der Waals surface area contributed by atoms with Crippen LogP contribution < -0.4 is 9.47 Å². The van der Waals surface area contributed by atoms with Gasteiger partial charge in [0.05, 0.1) is 5.56 Å². The standard InChI is InChI=1S/C28H21NO4/c1-18-24(32-26(30)15-12-19-8-4-3-5-9-19)14-13-22-27(31)25(33-28(18)22)16-20-17-29(2)23-11-7-6-10-21(20)23/h3-17H,1-2H3. The summed E-state index contributed by atoms with van der Waals surface area (Å²) in [4.78, 5) is 25.3. The van der Waals surface area contributed by atoms with Gasteiger partial charge in [-0.3, -0.25) is 4.79 Å². The highest BCUT2D eigenvalue weighted by Gasteiger charge is 2.30. The van der Waals surface area contributed by atoms with E-state index < -0.39 is 5.97 Å². The van der Waals surface area contributed by atoms with E-state index in [9.17, 15) is 9.59 Å². The Labute approximate surface area is 191 Å². The highest BCUT2D eigenvalue weighted by molar-refractivity contribution is 6.15. The van der Waals surface area contributed by atoms with Crippen molar-refractivity contribution < 1.29 is 19.1 Å². The molecule has 1 aliphatic rings. The predicted octanol–water partition coefficient (Wildman–Crippen LogP) is 5.72. The molecule has 0 unspecified atom stereocenters. The van der Waals surface area contributed by atoms with Gasteiger partial charge in [-0.25, -0.2) is 4.79 Å². The number of ketones is 1. The molecule has 0 amide bonds. The molecule has 162 valence electrons. The van der Waals surface area contributed by atoms with Crippen molar-refractivity contribution in [3.63, 3.8) is 0 Å². The van der Waals surface area contributed by atoms with Crippen molar-refractivity contribution in [2.45, 2.75) is 6.92 Å². The molecule has 33 heavy (non-hydrogen) atoms. The lowest BCUT2D eigenvalue weighted by Crippen LogP contribution is -2.05. The van der Waals surface area contributed by atoms with Crippen LogP contribution in [0.3, 0.4) is 0 Å². The van der Waals surface area contributed by atoms with Crippen LogP contribution >= 0.6 is 0 Å². The van der Waals surface area contributed by atoms with Gasteiger partial charge in [0, 0.05) is 41.4 Å². The Hall–Kier alpha value is -4.38. The number of hydrogen-bond acceptors (Lipinski definition) is 4. The average Bonchev–Trinajstić information content (AvgIpc) is 3.32. The Bertz CT molecular complexity index is 1460. The first-order valence-corrected chi connectivity index (χ1v) is 10.6. The summed E-state index contributed by atoms with van der Waals surface area (Å²) < 4.78 is 13.5. The molecule has 3 aromatic carbocycles. The normalized spacial score (nSPS) is 14.1. The Kier molecular flexibility index (Phi) is 5.15. The van der Waals surface area contributed by atoms with E-state index in [0.717, 1.165) is 22.0 Å². The van der Waals surface area contributed by atoms with Crippen LogP contribution in [-0.4, -0.2) is 16.3 Å². The van der Waals surface area contributed by atoms with Crippen molar-refractivity contribution in [1.29, 1.82) is 0 Å². The molecule has 0 bridgehead atoms. The number of ether oxygens (including phenoxy) is 2. The van der Waals surface area contributed by atoms with Crippen LogP contribution in [0.2, 0.25) is 0 Å². The third-order valence-corrected chi connectivity index (χ3v) is 5.67. The highest BCUT2D eigenvalue weighted by atomic mass is 16.5. The zero-order chi connectivity index (χ0) is 22.9. The van der Waals surface area contributed by atoms with Crippen LogP contribution in [0.25, 0.3) is 23.1 Å². The van der Waals surface area contributed by atoms with Crippen LogP contribution in [0.15, 0.2) is 84.8 Å². The summed E-state index contributed by atoms with van der Waals surface area (Å²) in [6.07, 6.45) is 6.80. The molecule has 2 heterocycles. The molecule has 0 N–H and O–H groups in total. The largest absolute Gasteiger partial charge is 0.452 e. The van der Waals surface area contributed by atoms with Gasteiger partial charge in [-0.05, 0) is 42.8 Å². The number of carbonyl (C=O) groups excluding carboxylic acids is 2. The van der Waals surface area contributed by atoms with Gasteiger partial charge in [0.15, 0.2) is 5.76 Å². The molecule has 4 aromatic rings. The minimum atomic E-state index is -0.502. The minimum absolute atomic E-state index is 0.192. The van der Waals surface area contributed by atoms with Crippen molar-refractivity contribution in [1.82, 2.24) is 4.57 Å². The smallest absolute Gasteiger partial charge is 0.336 e. The summed E-state index contributed by atoms with van der Waals surface area (Å²) in [6.45, 7) is 1.77. The van der Waals surface area contributed by atoms with Gasteiger partial charge in [0.1, 0.15) is 11.5 Å². The van der Waals surface area contributed by atoms with Crippen LogP contribution in [0.5, 0.6) is 11.5 Å². The lowest BCUT2D eigenvalue weighted by molar-refractivity contribution is -0.128.